The summed E-state index contributed by atoms with van der Waals surface area (Å²) < 4.78 is 4.50. The number of nitriles is 1. The molecule has 0 saturated heterocycles. The molecule has 0 aromatic carbocycles. The smallest absolute Gasteiger partial charge is 0.342 e. The number of carbonyl (C=O) groups excluding carboxylic acids is 1. The van der Waals surface area contributed by atoms with Gasteiger partial charge in [0.05, 0.1) is 5.56 Å². The summed E-state index contributed by atoms with van der Waals surface area (Å²) in [4.78, 5) is 18.2. The van der Waals surface area contributed by atoms with Gasteiger partial charge in [0, 0.05) is 12.4 Å². The minimum atomic E-state index is -0.586. The Hall–Kier alpha value is -1.96. The van der Waals surface area contributed by atoms with Gasteiger partial charge in [0.15, 0.2) is 6.61 Å². The minimum Gasteiger partial charge on any atom is -0.447 e. The summed E-state index contributed by atoms with van der Waals surface area (Å²) in [5.74, 6) is -0.586. The molecule has 1 aromatic rings. The van der Waals surface area contributed by atoms with Gasteiger partial charge in [0.1, 0.15) is 12.4 Å². The van der Waals surface area contributed by atoms with E-state index in [0.717, 1.165) is 0 Å². The number of hydrogen-bond donors (Lipinski definition) is 0. The van der Waals surface area contributed by atoms with Gasteiger partial charge < -0.3 is 4.74 Å². The molecule has 0 amide bonds. The fourth-order valence-electron chi connectivity index (χ4n) is 0.586. The van der Waals surface area contributed by atoms with Crippen molar-refractivity contribution in [3.8, 4) is 6.07 Å². The molecular formula is C7H5N3O2. The Morgan fingerprint density at radius 3 is 2.83 bits per heavy atom. The van der Waals surface area contributed by atoms with Crippen molar-refractivity contribution < 1.29 is 9.53 Å². The van der Waals surface area contributed by atoms with Gasteiger partial charge in [-0.2, -0.15) is 5.26 Å². The van der Waals surface area contributed by atoms with E-state index in [4.69, 9.17) is 5.26 Å². The first-order valence-electron chi connectivity index (χ1n) is 3.13. The highest BCUT2D eigenvalue weighted by Gasteiger charge is 2.05. The van der Waals surface area contributed by atoms with E-state index in [1.54, 1.807) is 6.07 Å². The lowest BCUT2D eigenvalue weighted by atomic mass is 10.3. The SMILES string of the molecule is N#CCOC(=O)c1cncnc1. The van der Waals surface area contributed by atoms with Gasteiger partial charge in [-0.25, -0.2) is 14.8 Å². The number of esters is 1. The first-order valence-corrected chi connectivity index (χ1v) is 3.13. The highest BCUT2D eigenvalue weighted by Crippen LogP contribution is 1.95. The Bertz CT molecular complexity index is 304. The molecule has 0 radical (unpaired) electrons. The maximum atomic E-state index is 11.0. The summed E-state index contributed by atoms with van der Waals surface area (Å²) in [6.07, 6.45) is 3.96. The van der Waals surface area contributed by atoms with E-state index in [-0.39, 0.29) is 12.2 Å². The van der Waals surface area contributed by atoms with Crippen LogP contribution in [0.5, 0.6) is 0 Å². The van der Waals surface area contributed by atoms with Crippen LogP contribution in [0.25, 0.3) is 0 Å². The van der Waals surface area contributed by atoms with Gasteiger partial charge in [-0.15, -0.1) is 0 Å². The van der Waals surface area contributed by atoms with Crippen molar-refractivity contribution in [2.75, 3.05) is 6.61 Å². The average Bonchev–Trinajstić information content (AvgIpc) is 2.15. The standard InChI is InChI=1S/C7H5N3O2/c8-1-2-12-7(11)6-3-9-5-10-4-6/h3-5H,2H2. The van der Waals surface area contributed by atoms with Crippen LogP contribution in [0.3, 0.4) is 0 Å². The molecule has 0 aliphatic rings. The Balaban J connectivity index is 2.61. The summed E-state index contributed by atoms with van der Waals surface area (Å²) in [7, 11) is 0. The molecule has 1 aromatic heterocycles. The Morgan fingerprint density at radius 1 is 1.58 bits per heavy atom. The van der Waals surface area contributed by atoms with E-state index in [9.17, 15) is 4.79 Å². The topological polar surface area (TPSA) is 75.9 Å². The van der Waals surface area contributed by atoms with Crippen LogP contribution >= 0.6 is 0 Å². The molecule has 0 bridgehead atoms. The monoisotopic (exact) mass is 163 g/mol. The Morgan fingerprint density at radius 2 is 2.25 bits per heavy atom. The quantitative estimate of drug-likeness (QED) is 0.580. The third kappa shape index (κ3) is 2.02. The summed E-state index contributed by atoms with van der Waals surface area (Å²) in [5.41, 5.74) is 0.243. The molecule has 0 spiro atoms. The van der Waals surface area contributed by atoms with Crippen molar-refractivity contribution in [1.82, 2.24) is 9.97 Å². The zero-order valence-corrected chi connectivity index (χ0v) is 6.10. The van der Waals surface area contributed by atoms with Gasteiger partial charge >= 0.3 is 5.97 Å². The average molecular weight is 163 g/mol. The van der Waals surface area contributed by atoms with Crippen LogP contribution in [0.2, 0.25) is 0 Å². The summed E-state index contributed by atoms with van der Waals surface area (Å²) >= 11 is 0. The maximum absolute atomic E-state index is 11.0. The van der Waals surface area contributed by atoms with E-state index >= 15 is 0 Å². The highest BCUT2D eigenvalue weighted by atomic mass is 16.5. The first kappa shape index (κ1) is 8.14. The normalized spacial score (nSPS) is 8.58. The first-order chi connectivity index (χ1) is 5.84. The number of aromatic nitrogens is 2. The molecule has 12 heavy (non-hydrogen) atoms. The van der Waals surface area contributed by atoms with Crippen molar-refractivity contribution in [3.63, 3.8) is 0 Å². The second-order valence-electron chi connectivity index (χ2n) is 1.86. The van der Waals surface area contributed by atoms with Gasteiger partial charge in [0.25, 0.3) is 0 Å². The van der Waals surface area contributed by atoms with E-state index in [1.807, 2.05) is 0 Å². The van der Waals surface area contributed by atoms with E-state index in [0.29, 0.717) is 0 Å². The number of rotatable bonds is 2. The molecule has 0 N–H and O–H groups in total. The third-order valence-corrected chi connectivity index (χ3v) is 1.06. The second-order valence-corrected chi connectivity index (χ2v) is 1.86. The second kappa shape index (κ2) is 4.03. The van der Waals surface area contributed by atoms with Crippen LogP contribution in [0.4, 0.5) is 0 Å². The van der Waals surface area contributed by atoms with Crippen LogP contribution < -0.4 is 0 Å². The molecule has 5 heteroatoms. The Kier molecular flexibility index (Phi) is 2.73. The van der Waals surface area contributed by atoms with Gasteiger partial charge in [-0.3, -0.25) is 0 Å². The molecule has 5 nitrogen and oxygen atoms in total. The van der Waals surface area contributed by atoms with E-state index in [1.165, 1.54) is 18.7 Å². The molecule has 0 atom stereocenters. The van der Waals surface area contributed by atoms with Crippen molar-refractivity contribution in [1.29, 1.82) is 5.26 Å². The number of ether oxygens (including phenoxy) is 1. The van der Waals surface area contributed by atoms with Gasteiger partial charge in [-0.1, -0.05) is 0 Å². The van der Waals surface area contributed by atoms with Crippen LogP contribution in [0.15, 0.2) is 18.7 Å². The molecule has 0 aliphatic carbocycles. The molecular weight excluding hydrogens is 158 g/mol. The van der Waals surface area contributed by atoms with Crippen LogP contribution in [-0.4, -0.2) is 22.5 Å². The van der Waals surface area contributed by atoms with Crippen LogP contribution in [0.1, 0.15) is 10.4 Å². The lowest BCUT2D eigenvalue weighted by Crippen LogP contribution is -2.05. The van der Waals surface area contributed by atoms with Crippen LogP contribution in [0, 0.1) is 11.3 Å². The molecule has 0 saturated carbocycles. The molecule has 60 valence electrons. The fourth-order valence-corrected chi connectivity index (χ4v) is 0.586. The lowest BCUT2D eigenvalue weighted by Gasteiger charge is -1.96. The van der Waals surface area contributed by atoms with Crippen LogP contribution in [-0.2, 0) is 4.74 Å². The molecule has 1 rings (SSSR count). The summed E-state index contributed by atoms with van der Waals surface area (Å²) in [6, 6.07) is 1.68. The zero-order valence-electron chi connectivity index (χ0n) is 6.10. The van der Waals surface area contributed by atoms with Gasteiger partial charge in [-0.05, 0) is 0 Å². The van der Waals surface area contributed by atoms with Crippen molar-refractivity contribution in [2.24, 2.45) is 0 Å². The third-order valence-electron chi connectivity index (χ3n) is 1.06. The number of nitrogens with zero attached hydrogens (tertiary/aromatic N) is 3. The van der Waals surface area contributed by atoms with Crippen molar-refractivity contribution in [2.45, 2.75) is 0 Å². The Labute approximate surface area is 68.6 Å². The molecule has 1 heterocycles. The van der Waals surface area contributed by atoms with Crippen molar-refractivity contribution in [3.05, 3.63) is 24.3 Å². The van der Waals surface area contributed by atoms with Crippen molar-refractivity contribution >= 4 is 5.97 Å². The highest BCUT2D eigenvalue weighted by molar-refractivity contribution is 5.88. The summed E-state index contributed by atoms with van der Waals surface area (Å²) in [6.45, 7) is -0.256. The summed E-state index contributed by atoms with van der Waals surface area (Å²) in [5, 5.41) is 8.10. The molecule has 0 aliphatic heterocycles. The molecule has 0 fully saturated rings. The van der Waals surface area contributed by atoms with E-state index < -0.39 is 5.97 Å². The largest absolute Gasteiger partial charge is 0.447 e. The van der Waals surface area contributed by atoms with E-state index in [2.05, 4.69) is 14.7 Å². The minimum absolute atomic E-state index is 0.243. The zero-order chi connectivity index (χ0) is 8.81. The number of hydrogen-bond acceptors (Lipinski definition) is 5. The predicted molar refractivity (Wildman–Crippen MR) is 37.9 cm³/mol. The fraction of sp³-hybridized carbons (Fsp3) is 0.143. The maximum Gasteiger partial charge on any atom is 0.342 e. The lowest BCUT2D eigenvalue weighted by molar-refractivity contribution is 0.0554. The predicted octanol–water partition coefficient (Wildman–Crippen LogP) is 0.157. The van der Waals surface area contributed by atoms with Gasteiger partial charge in [0.2, 0.25) is 0 Å². The molecule has 0 unspecified atom stereocenters. The number of carbonyl (C=O) groups is 1.